The molecule has 1 atom stereocenters. The number of ether oxygens (including phenoxy) is 3. The Bertz CT molecular complexity index is 1400. The Morgan fingerprint density at radius 2 is 1.13 bits per heavy atom. The van der Waals surface area contributed by atoms with Gasteiger partial charge in [-0.05, 0) is 60.4 Å². The Morgan fingerprint density at radius 3 is 1.74 bits per heavy atom. The molecule has 6 heteroatoms. The SMILES string of the molecule is COC(=O)c1ccc(C(=O)C(Cc2ccccc2)Cc2ccc(Oc3ccccc3)cc2)cc1C(=O)OC. The number of benzene rings is 4. The molecule has 6 nitrogen and oxygen atoms in total. The lowest BCUT2D eigenvalue weighted by atomic mass is 9.85. The molecule has 4 aromatic carbocycles. The van der Waals surface area contributed by atoms with E-state index < -0.39 is 17.9 Å². The molecule has 1 unspecified atom stereocenters. The minimum Gasteiger partial charge on any atom is -0.465 e. The predicted octanol–water partition coefficient (Wildman–Crippen LogP) is 6.34. The first kappa shape index (κ1) is 26.4. The maximum atomic E-state index is 13.8. The molecule has 4 aromatic rings. The molecule has 0 N–H and O–H groups in total. The van der Waals surface area contributed by atoms with Crippen LogP contribution in [0.25, 0.3) is 0 Å². The molecule has 0 bridgehead atoms. The lowest BCUT2D eigenvalue weighted by Crippen LogP contribution is -2.21. The molecule has 0 aliphatic rings. The molecule has 4 rings (SSSR count). The molecule has 38 heavy (non-hydrogen) atoms. The highest BCUT2D eigenvalue weighted by Crippen LogP contribution is 2.25. The average Bonchev–Trinajstić information content (AvgIpc) is 2.97. The normalized spacial score (nSPS) is 11.3. The van der Waals surface area contributed by atoms with E-state index >= 15 is 0 Å². The molecule has 0 aromatic heterocycles. The van der Waals surface area contributed by atoms with Crippen LogP contribution in [-0.2, 0) is 22.3 Å². The zero-order valence-electron chi connectivity index (χ0n) is 21.3. The van der Waals surface area contributed by atoms with Crippen LogP contribution in [0, 0.1) is 5.92 Å². The smallest absolute Gasteiger partial charge is 0.338 e. The quantitative estimate of drug-likeness (QED) is 0.184. The van der Waals surface area contributed by atoms with Crippen molar-refractivity contribution in [1.82, 2.24) is 0 Å². The van der Waals surface area contributed by atoms with Crippen molar-refractivity contribution in [2.45, 2.75) is 12.8 Å². The minimum atomic E-state index is -0.714. The Morgan fingerprint density at radius 1 is 0.605 bits per heavy atom. The van der Waals surface area contributed by atoms with Crippen molar-refractivity contribution in [1.29, 1.82) is 0 Å². The van der Waals surface area contributed by atoms with Crippen LogP contribution in [0.4, 0.5) is 0 Å². The van der Waals surface area contributed by atoms with Gasteiger partial charge in [0.25, 0.3) is 0 Å². The average molecular weight is 509 g/mol. The van der Waals surface area contributed by atoms with Crippen molar-refractivity contribution < 1.29 is 28.6 Å². The van der Waals surface area contributed by atoms with Crippen LogP contribution in [0.5, 0.6) is 11.5 Å². The third-order valence-corrected chi connectivity index (χ3v) is 6.19. The molecule has 0 saturated heterocycles. The van der Waals surface area contributed by atoms with E-state index in [1.54, 1.807) is 6.07 Å². The van der Waals surface area contributed by atoms with Crippen LogP contribution < -0.4 is 4.74 Å². The monoisotopic (exact) mass is 508 g/mol. The van der Waals surface area contributed by atoms with Crippen molar-refractivity contribution in [3.05, 3.63) is 131 Å². The second-order valence-corrected chi connectivity index (χ2v) is 8.76. The van der Waals surface area contributed by atoms with Gasteiger partial charge in [-0.15, -0.1) is 0 Å². The van der Waals surface area contributed by atoms with E-state index in [2.05, 4.69) is 0 Å². The van der Waals surface area contributed by atoms with Gasteiger partial charge in [-0.2, -0.15) is 0 Å². The summed E-state index contributed by atoms with van der Waals surface area (Å²) in [6.07, 6.45) is 0.986. The summed E-state index contributed by atoms with van der Waals surface area (Å²) in [6.45, 7) is 0. The van der Waals surface area contributed by atoms with Gasteiger partial charge >= 0.3 is 11.9 Å². The third kappa shape index (κ3) is 6.53. The van der Waals surface area contributed by atoms with Gasteiger partial charge in [-0.3, -0.25) is 4.79 Å². The minimum absolute atomic E-state index is 0.00826. The van der Waals surface area contributed by atoms with Gasteiger partial charge in [0.1, 0.15) is 11.5 Å². The fourth-order valence-electron chi connectivity index (χ4n) is 4.26. The highest BCUT2D eigenvalue weighted by atomic mass is 16.5. The van der Waals surface area contributed by atoms with Crippen molar-refractivity contribution in [2.24, 2.45) is 5.92 Å². The van der Waals surface area contributed by atoms with Gasteiger partial charge in [0.05, 0.1) is 25.3 Å². The first-order chi connectivity index (χ1) is 18.5. The van der Waals surface area contributed by atoms with Crippen molar-refractivity contribution in [3.8, 4) is 11.5 Å². The maximum absolute atomic E-state index is 13.8. The summed E-state index contributed by atoms with van der Waals surface area (Å²) in [6, 6.07) is 31.3. The molecule has 0 aliphatic carbocycles. The summed E-state index contributed by atoms with van der Waals surface area (Å²) >= 11 is 0. The first-order valence-electron chi connectivity index (χ1n) is 12.2. The lowest BCUT2D eigenvalue weighted by molar-refractivity contribution is 0.0555. The van der Waals surface area contributed by atoms with Gasteiger partial charge in [0.15, 0.2) is 5.78 Å². The molecule has 0 aliphatic heterocycles. The molecule has 192 valence electrons. The van der Waals surface area contributed by atoms with E-state index in [0.29, 0.717) is 24.2 Å². The van der Waals surface area contributed by atoms with Crippen molar-refractivity contribution in [2.75, 3.05) is 14.2 Å². The molecule has 0 fully saturated rings. The number of esters is 2. The topological polar surface area (TPSA) is 78.9 Å². The standard InChI is InChI=1S/C32H28O6/c1-36-31(34)28-18-15-24(21-29(28)32(35)37-2)30(33)25(19-22-9-5-3-6-10-22)20-23-13-16-27(17-14-23)38-26-11-7-4-8-12-26/h3-18,21,25H,19-20H2,1-2H3. The summed E-state index contributed by atoms with van der Waals surface area (Å²) < 4.78 is 15.5. The summed E-state index contributed by atoms with van der Waals surface area (Å²) in [5.74, 6) is -0.495. The van der Waals surface area contributed by atoms with Crippen LogP contribution in [0.2, 0.25) is 0 Å². The van der Waals surface area contributed by atoms with Gasteiger partial charge in [-0.25, -0.2) is 9.59 Å². The fraction of sp³-hybridized carbons (Fsp3) is 0.156. The van der Waals surface area contributed by atoms with Crippen LogP contribution in [0.15, 0.2) is 103 Å². The van der Waals surface area contributed by atoms with Crippen LogP contribution >= 0.6 is 0 Å². The van der Waals surface area contributed by atoms with Crippen LogP contribution in [-0.4, -0.2) is 31.9 Å². The number of ketones is 1. The molecule has 0 amide bonds. The number of methoxy groups -OCH3 is 2. The number of hydrogen-bond acceptors (Lipinski definition) is 6. The highest BCUT2D eigenvalue weighted by Gasteiger charge is 2.25. The van der Waals surface area contributed by atoms with E-state index in [-0.39, 0.29) is 16.9 Å². The third-order valence-electron chi connectivity index (χ3n) is 6.19. The van der Waals surface area contributed by atoms with Gasteiger partial charge in [0.2, 0.25) is 0 Å². The molecular formula is C32H28O6. The molecule has 0 spiro atoms. The van der Waals surface area contributed by atoms with E-state index in [0.717, 1.165) is 16.9 Å². The molecule has 0 heterocycles. The Hall–Kier alpha value is -4.71. The summed E-state index contributed by atoms with van der Waals surface area (Å²) in [5.41, 5.74) is 2.35. The Kier molecular flexibility index (Phi) is 8.67. The molecular weight excluding hydrogens is 480 g/mol. The number of carbonyl (C=O) groups is 3. The largest absolute Gasteiger partial charge is 0.465 e. The summed E-state index contributed by atoms with van der Waals surface area (Å²) in [4.78, 5) is 38.3. The Balaban J connectivity index is 1.61. The first-order valence-corrected chi connectivity index (χ1v) is 12.2. The predicted molar refractivity (Wildman–Crippen MR) is 144 cm³/mol. The van der Waals surface area contributed by atoms with E-state index in [4.69, 9.17) is 14.2 Å². The molecule has 0 radical (unpaired) electrons. The van der Waals surface area contributed by atoms with Gasteiger partial charge in [0, 0.05) is 11.5 Å². The second-order valence-electron chi connectivity index (χ2n) is 8.76. The van der Waals surface area contributed by atoms with Crippen molar-refractivity contribution >= 4 is 17.7 Å². The van der Waals surface area contributed by atoms with Gasteiger partial charge in [-0.1, -0.05) is 66.7 Å². The number of rotatable bonds is 10. The van der Waals surface area contributed by atoms with Gasteiger partial charge < -0.3 is 14.2 Å². The Labute approximate surface area is 221 Å². The zero-order chi connectivity index (χ0) is 26.9. The van der Waals surface area contributed by atoms with Crippen LogP contribution in [0.1, 0.15) is 42.2 Å². The lowest BCUT2D eigenvalue weighted by Gasteiger charge is -2.18. The fourth-order valence-corrected chi connectivity index (χ4v) is 4.26. The number of Topliss-reactive ketones (excluding diaryl/α,β-unsaturated/α-hetero) is 1. The number of carbonyl (C=O) groups excluding carboxylic acids is 3. The van der Waals surface area contributed by atoms with E-state index in [1.165, 1.54) is 26.4 Å². The van der Waals surface area contributed by atoms with Crippen molar-refractivity contribution in [3.63, 3.8) is 0 Å². The van der Waals surface area contributed by atoms with E-state index in [9.17, 15) is 14.4 Å². The maximum Gasteiger partial charge on any atom is 0.338 e. The summed E-state index contributed by atoms with van der Waals surface area (Å²) in [7, 11) is 2.45. The second kappa shape index (κ2) is 12.5. The zero-order valence-corrected chi connectivity index (χ0v) is 21.3. The molecule has 0 saturated carbocycles. The number of para-hydroxylation sites is 1. The van der Waals surface area contributed by atoms with Crippen LogP contribution in [0.3, 0.4) is 0 Å². The highest BCUT2D eigenvalue weighted by molar-refractivity contribution is 6.06. The van der Waals surface area contributed by atoms with E-state index in [1.807, 2.05) is 84.9 Å². The number of hydrogen-bond donors (Lipinski definition) is 0. The summed E-state index contributed by atoms with van der Waals surface area (Å²) in [5, 5.41) is 0.